The lowest BCUT2D eigenvalue weighted by Gasteiger charge is -2.15. The van der Waals surface area contributed by atoms with Gasteiger partial charge < -0.3 is 14.8 Å². The van der Waals surface area contributed by atoms with Crippen molar-refractivity contribution in [2.24, 2.45) is 0 Å². The van der Waals surface area contributed by atoms with Gasteiger partial charge in [-0.1, -0.05) is 6.07 Å². The standard InChI is InChI=1S/C17H18N2O7S2/c1-10(19-28(23,24)14-5-4-6-27-14)15(20)18-13-8-11(16(21)25-2)7-12(9-13)17(22)26-3/h4-10,19H,1-3H3,(H,18,20). The van der Waals surface area contributed by atoms with Gasteiger partial charge in [-0.25, -0.2) is 18.0 Å². The van der Waals surface area contributed by atoms with Crippen molar-refractivity contribution in [2.75, 3.05) is 19.5 Å². The molecule has 1 aromatic heterocycles. The zero-order valence-electron chi connectivity index (χ0n) is 15.2. The summed E-state index contributed by atoms with van der Waals surface area (Å²) in [5.41, 5.74) is 0.149. The van der Waals surface area contributed by atoms with E-state index in [1.807, 2.05) is 0 Å². The van der Waals surface area contributed by atoms with E-state index in [2.05, 4.69) is 19.5 Å². The first-order valence-electron chi connectivity index (χ1n) is 7.86. The average Bonchev–Trinajstić information content (AvgIpc) is 3.21. The molecule has 9 nitrogen and oxygen atoms in total. The van der Waals surface area contributed by atoms with E-state index < -0.39 is 33.9 Å². The number of nitrogens with one attached hydrogen (secondary N) is 2. The molecule has 2 N–H and O–H groups in total. The van der Waals surface area contributed by atoms with Gasteiger partial charge in [0.15, 0.2) is 0 Å². The van der Waals surface area contributed by atoms with Crippen molar-refractivity contribution in [2.45, 2.75) is 17.2 Å². The number of methoxy groups -OCH3 is 2. The van der Waals surface area contributed by atoms with Crippen LogP contribution in [0.15, 0.2) is 39.9 Å². The molecule has 1 unspecified atom stereocenters. The number of esters is 2. The first-order chi connectivity index (χ1) is 13.2. The lowest BCUT2D eigenvalue weighted by molar-refractivity contribution is -0.117. The second kappa shape index (κ2) is 8.95. The molecule has 0 spiro atoms. The van der Waals surface area contributed by atoms with E-state index in [1.54, 1.807) is 11.4 Å². The van der Waals surface area contributed by atoms with Crippen molar-refractivity contribution in [1.29, 1.82) is 0 Å². The molecule has 150 valence electrons. The van der Waals surface area contributed by atoms with Gasteiger partial charge >= 0.3 is 11.9 Å². The predicted octanol–water partition coefficient (Wildman–Crippen LogP) is 1.63. The van der Waals surface area contributed by atoms with Gasteiger partial charge in [0.25, 0.3) is 10.0 Å². The van der Waals surface area contributed by atoms with E-state index >= 15 is 0 Å². The smallest absolute Gasteiger partial charge is 0.337 e. The fourth-order valence-corrected chi connectivity index (χ4v) is 4.39. The Labute approximate surface area is 165 Å². The lowest BCUT2D eigenvalue weighted by Crippen LogP contribution is -2.41. The molecule has 0 bridgehead atoms. The number of benzene rings is 1. The van der Waals surface area contributed by atoms with E-state index in [0.717, 1.165) is 11.3 Å². The molecule has 1 heterocycles. The normalized spacial score (nSPS) is 12.1. The Morgan fingerprint density at radius 3 is 2.07 bits per heavy atom. The van der Waals surface area contributed by atoms with Crippen molar-refractivity contribution in [3.05, 3.63) is 46.8 Å². The van der Waals surface area contributed by atoms with Crippen molar-refractivity contribution >= 4 is 44.9 Å². The summed E-state index contributed by atoms with van der Waals surface area (Å²) in [5.74, 6) is -2.11. The number of hydrogen-bond acceptors (Lipinski definition) is 8. The molecule has 11 heteroatoms. The molecule has 0 aliphatic carbocycles. The molecule has 2 rings (SSSR count). The summed E-state index contributed by atoms with van der Waals surface area (Å²) in [6, 6.07) is 5.75. The highest BCUT2D eigenvalue weighted by molar-refractivity contribution is 7.91. The molecule has 1 amide bonds. The minimum Gasteiger partial charge on any atom is -0.465 e. The van der Waals surface area contributed by atoms with Crippen molar-refractivity contribution < 1.29 is 32.3 Å². The highest BCUT2D eigenvalue weighted by atomic mass is 32.2. The lowest BCUT2D eigenvalue weighted by atomic mass is 10.1. The zero-order valence-corrected chi connectivity index (χ0v) is 16.8. The molecule has 0 radical (unpaired) electrons. The SMILES string of the molecule is COC(=O)c1cc(NC(=O)C(C)NS(=O)(=O)c2cccs2)cc(C(=O)OC)c1. The fraction of sp³-hybridized carbons (Fsp3) is 0.235. The van der Waals surface area contributed by atoms with Gasteiger partial charge in [-0.3, -0.25) is 4.79 Å². The average molecular weight is 426 g/mol. The number of anilines is 1. The molecule has 0 saturated heterocycles. The van der Waals surface area contributed by atoms with Gasteiger partial charge in [0.1, 0.15) is 4.21 Å². The number of carbonyl (C=O) groups excluding carboxylic acids is 3. The molecule has 1 atom stereocenters. The maximum absolute atomic E-state index is 12.4. The summed E-state index contributed by atoms with van der Waals surface area (Å²) in [7, 11) is -1.50. The largest absolute Gasteiger partial charge is 0.465 e. The number of ether oxygens (including phenoxy) is 2. The van der Waals surface area contributed by atoms with Crippen molar-refractivity contribution in [3.63, 3.8) is 0 Å². The quantitative estimate of drug-likeness (QED) is 0.644. The monoisotopic (exact) mass is 426 g/mol. The number of rotatable bonds is 7. The third-order valence-corrected chi connectivity index (χ3v) is 6.47. The second-order valence-corrected chi connectivity index (χ2v) is 8.44. The van der Waals surface area contributed by atoms with Crippen molar-refractivity contribution in [3.8, 4) is 0 Å². The summed E-state index contributed by atoms with van der Waals surface area (Å²) in [6.07, 6.45) is 0. The Kier molecular flexibility index (Phi) is 6.89. The topological polar surface area (TPSA) is 128 Å². The maximum Gasteiger partial charge on any atom is 0.337 e. The number of amides is 1. The molecular formula is C17H18N2O7S2. The molecule has 28 heavy (non-hydrogen) atoms. The van der Waals surface area contributed by atoms with Crippen LogP contribution in [0, 0.1) is 0 Å². The van der Waals surface area contributed by atoms with Gasteiger partial charge in [0.05, 0.1) is 31.4 Å². The highest BCUT2D eigenvalue weighted by Gasteiger charge is 2.23. The highest BCUT2D eigenvalue weighted by Crippen LogP contribution is 2.18. The maximum atomic E-state index is 12.4. The molecule has 0 fully saturated rings. The molecule has 0 aliphatic rings. The number of thiophene rings is 1. The first-order valence-corrected chi connectivity index (χ1v) is 10.2. The number of sulfonamides is 1. The van der Waals surface area contributed by atoms with E-state index in [0.29, 0.717) is 0 Å². The Morgan fingerprint density at radius 1 is 1.04 bits per heavy atom. The van der Waals surface area contributed by atoms with Crippen LogP contribution in [0.4, 0.5) is 5.69 Å². The van der Waals surface area contributed by atoms with Crippen LogP contribution in [0.1, 0.15) is 27.6 Å². The Hall–Kier alpha value is -2.76. The van der Waals surface area contributed by atoms with E-state index in [1.165, 1.54) is 45.4 Å². The van der Waals surface area contributed by atoms with Gasteiger partial charge in [-0.05, 0) is 36.6 Å². The summed E-state index contributed by atoms with van der Waals surface area (Å²) >= 11 is 1.02. The van der Waals surface area contributed by atoms with Crippen molar-refractivity contribution in [1.82, 2.24) is 4.72 Å². The molecule has 0 saturated carbocycles. The fourth-order valence-electron chi connectivity index (χ4n) is 2.18. The first kappa shape index (κ1) is 21.5. The molecule has 2 aromatic rings. The predicted molar refractivity (Wildman–Crippen MR) is 102 cm³/mol. The van der Waals surface area contributed by atoms with E-state index in [4.69, 9.17) is 0 Å². The number of hydrogen-bond donors (Lipinski definition) is 2. The van der Waals surface area contributed by atoms with E-state index in [9.17, 15) is 22.8 Å². The Bertz CT molecular complexity index is 951. The van der Waals surface area contributed by atoms with Crippen LogP contribution < -0.4 is 10.0 Å². The summed E-state index contributed by atoms with van der Waals surface area (Å²) < 4.78 is 36.0. The van der Waals surface area contributed by atoms with Gasteiger partial charge in [-0.2, -0.15) is 4.72 Å². The third-order valence-electron chi connectivity index (χ3n) is 3.53. The summed E-state index contributed by atoms with van der Waals surface area (Å²) in [4.78, 5) is 36.0. The van der Waals surface area contributed by atoms with Crippen LogP contribution in [-0.4, -0.2) is 46.5 Å². The van der Waals surface area contributed by atoms with Crippen LogP contribution in [0.3, 0.4) is 0 Å². The van der Waals surface area contributed by atoms with Crippen LogP contribution in [0.2, 0.25) is 0 Å². The minimum absolute atomic E-state index is 0.0209. The Morgan fingerprint density at radius 2 is 1.61 bits per heavy atom. The summed E-state index contributed by atoms with van der Waals surface area (Å²) in [5, 5.41) is 4.07. The van der Waals surface area contributed by atoms with Crippen LogP contribution >= 0.6 is 11.3 Å². The minimum atomic E-state index is -3.85. The van der Waals surface area contributed by atoms with E-state index in [-0.39, 0.29) is 21.0 Å². The van der Waals surface area contributed by atoms with Crippen LogP contribution in [-0.2, 0) is 24.3 Å². The zero-order chi connectivity index (χ0) is 20.9. The van der Waals surface area contributed by atoms with Gasteiger partial charge in [-0.15, -0.1) is 11.3 Å². The molecule has 1 aromatic carbocycles. The summed E-state index contributed by atoms with van der Waals surface area (Å²) in [6.45, 7) is 1.37. The molecule has 0 aliphatic heterocycles. The molecular weight excluding hydrogens is 408 g/mol. The third kappa shape index (κ3) is 5.15. The van der Waals surface area contributed by atoms with Gasteiger partial charge in [0, 0.05) is 5.69 Å². The van der Waals surface area contributed by atoms with Crippen LogP contribution in [0.25, 0.3) is 0 Å². The van der Waals surface area contributed by atoms with Gasteiger partial charge in [0.2, 0.25) is 5.91 Å². The van der Waals surface area contributed by atoms with Crippen LogP contribution in [0.5, 0.6) is 0 Å². The number of carbonyl (C=O) groups is 3. The second-order valence-electron chi connectivity index (χ2n) is 5.55. The Balaban J connectivity index is 2.22.